The first-order valence-electron chi connectivity index (χ1n) is 10.6. The van der Waals surface area contributed by atoms with Crippen LogP contribution >= 0.6 is 11.3 Å². The summed E-state index contributed by atoms with van der Waals surface area (Å²) in [5.74, 6) is 1.59. The number of benzene rings is 1. The highest BCUT2D eigenvalue weighted by Crippen LogP contribution is 2.45. The van der Waals surface area contributed by atoms with Gasteiger partial charge in [0.1, 0.15) is 11.1 Å². The smallest absolute Gasteiger partial charge is 0.249 e. The average Bonchev–Trinajstić information content (AvgIpc) is 3.13. The van der Waals surface area contributed by atoms with Crippen LogP contribution in [0.15, 0.2) is 24.3 Å². The van der Waals surface area contributed by atoms with Crippen molar-refractivity contribution in [3.05, 3.63) is 45.8 Å². The van der Waals surface area contributed by atoms with Crippen LogP contribution in [0.2, 0.25) is 0 Å². The minimum atomic E-state index is -0.254. The topological polar surface area (TPSA) is 71.3 Å². The fourth-order valence-electron chi connectivity index (χ4n) is 4.03. The monoisotopic (exact) mass is 438 g/mol. The molecule has 1 aromatic heterocycles. The van der Waals surface area contributed by atoms with Gasteiger partial charge in [-0.25, -0.2) is 0 Å². The third-order valence-electron chi connectivity index (χ3n) is 6.46. The maximum atomic E-state index is 12.6. The third kappa shape index (κ3) is 4.94. The second-order valence-corrected chi connectivity index (χ2v) is 9.64. The SMILES string of the molecule is CCC(C)(C)C1CCc2c(sc(NC(=O)/C=C/c3ccc(OC)c(OC)c3)c2C#N)C1. The van der Waals surface area contributed by atoms with Crippen LogP contribution in [0.5, 0.6) is 11.5 Å². The number of hydrogen-bond acceptors (Lipinski definition) is 5. The Hall–Kier alpha value is -2.78. The summed E-state index contributed by atoms with van der Waals surface area (Å²) >= 11 is 1.55. The summed E-state index contributed by atoms with van der Waals surface area (Å²) in [6.07, 6.45) is 7.30. The zero-order valence-electron chi connectivity index (χ0n) is 18.9. The molecule has 1 aliphatic rings. The van der Waals surface area contributed by atoms with E-state index in [1.54, 1.807) is 37.7 Å². The second-order valence-electron chi connectivity index (χ2n) is 8.54. The van der Waals surface area contributed by atoms with Gasteiger partial charge in [0.05, 0.1) is 19.8 Å². The molecule has 0 saturated heterocycles. The zero-order chi connectivity index (χ0) is 22.6. The number of amides is 1. The number of carbonyl (C=O) groups is 1. The Balaban J connectivity index is 1.75. The van der Waals surface area contributed by atoms with Crippen LogP contribution in [-0.4, -0.2) is 20.1 Å². The Morgan fingerprint density at radius 3 is 2.71 bits per heavy atom. The van der Waals surface area contributed by atoms with Gasteiger partial charge in [-0.1, -0.05) is 33.3 Å². The van der Waals surface area contributed by atoms with Crippen molar-refractivity contribution in [2.75, 3.05) is 19.5 Å². The predicted molar refractivity (Wildman–Crippen MR) is 126 cm³/mol. The maximum Gasteiger partial charge on any atom is 0.249 e. The van der Waals surface area contributed by atoms with Gasteiger partial charge in [0, 0.05) is 11.0 Å². The van der Waals surface area contributed by atoms with Gasteiger partial charge in [-0.15, -0.1) is 11.3 Å². The molecule has 0 fully saturated rings. The highest BCUT2D eigenvalue weighted by molar-refractivity contribution is 7.16. The molecule has 2 aromatic rings. The standard InChI is InChI=1S/C25H30N2O3S/c1-6-25(2,3)17-9-10-18-19(15-26)24(31-22(18)14-17)27-23(28)12-8-16-7-11-20(29-4)21(13-16)30-5/h7-8,11-13,17H,6,9-10,14H2,1-5H3,(H,27,28)/b12-8+. The van der Waals surface area contributed by atoms with E-state index >= 15 is 0 Å². The van der Waals surface area contributed by atoms with E-state index in [1.165, 1.54) is 11.0 Å². The number of carbonyl (C=O) groups excluding carboxylic acids is 1. The fourth-order valence-corrected chi connectivity index (χ4v) is 5.31. The second kappa shape index (κ2) is 9.57. The summed E-state index contributed by atoms with van der Waals surface area (Å²) in [6.45, 7) is 6.88. The van der Waals surface area contributed by atoms with Gasteiger partial charge in [-0.3, -0.25) is 4.79 Å². The van der Waals surface area contributed by atoms with Crippen LogP contribution in [0.1, 0.15) is 55.2 Å². The van der Waals surface area contributed by atoms with Crippen LogP contribution in [0, 0.1) is 22.7 Å². The number of nitrogens with one attached hydrogen (secondary N) is 1. The van der Waals surface area contributed by atoms with E-state index in [0.717, 1.165) is 36.8 Å². The minimum absolute atomic E-state index is 0.254. The lowest BCUT2D eigenvalue weighted by atomic mass is 9.69. The molecular formula is C25H30N2O3S. The lowest BCUT2D eigenvalue weighted by Crippen LogP contribution is -2.28. The Morgan fingerprint density at radius 1 is 1.32 bits per heavy atom. The molecule has 1 aromatic carbocycles. The summed E-state index contributed by atoms with van der Waals surface area (Å²) < 4.78 is 10.5. The lowest BCUT2D eigenvalue weighted by Gasteiger charge is -2.36. The average molecular weight is 439 g/mol. The first kappa shape index (κ1) is 22.9. The van der Waals surface area contributed by atoms with Crippen LogP contribution in [0.3, 0.4) is 0 Å². The maximum absolute atomic E-state index is 12.6. The number of rotatable bonds is 7. The molecule has 31 heavy (non-hydrogen) atoms. The number of nitrogens with zero attached hydrogens (tertiary/aromatic N) is 1. The van der Waals surface area contributed by atoms with Crippen molar-refractivity contribution in [3.63, 3.8) is 0 Å². The van der Waals surface area contributed by atoms with Crippen molar-refractivity contribution in [2.24, 2.45) is 11.3 Å². The van der Waals surface area contributed by atoms with Gasteiger partial charge in [0.2, 0.25) is 5.91 Å². The molecule has 0 spiro atoms. The molecule has 1 unspecified atom stereocenters. The van der Waals surface area contributed by atoms with E-state index in [1.807, 2.05) is 12.1 Å². The quantitative estimate of drug-likeness (QED) is 0.552. The summed E-state index contributed by atoms with van der Waals surface area (Å²) in [7, 11) is 3.16. The zero-order valence-corrected chi connectivity index (χ0v) is 19.7. The molecule has 164 valence electrons. The van der Waals surface area contributed by atoms with Crippen LogP contribution in [0.25, 0.3) is 6.08 Å². The van der Waals surface area contributed by atoms with E-state index in [-0.39, 0.29) is 11.3 Å². The number of ether oxygens (including phenoxy) is 2. The fraction of sp³-hybridized carbons (Fsp3) is 0.440. The number of hydrogen-bond donors (Lipinski definition) is 1. The van der Waals surface area contributed by atoms with Gasteiger partial charge in [-0.2, -0.15) is 5.26 Å². The molecule has 1 atom stereocenters. The third-order valence-corrected chi connectivity index (χ3v) is 7.63. The Labute approximate surface area is 188 Å². The van der Waals surface area contributed by atoms with E-state index in [0.29, 0.717) is 28.0 Å². The number of fused-ring (bicyclic) bond motifs is 1. The molecule has 3 rings (SSSR count). The minimum Gasteiger partial charge on any atom is -0.493 e. The number of anilines is 1. The summed E-state index contributed by atoms with van der Waals surface area (Å²) in [5.41, 5.74) is 2.85. The highest BCUT2D eigenvalue weighted by atomic mass is 32.1. The summed E-state index contributed by atoms with van der Waals surface area (Å²) in [5, 5.41) is 13.3. The van der Waals surface area contributed by atoms with Crippen molar-refractivity contribution < 1.29 is 14.3 Å². The van der Waals surface area contributed by atoms with Crippen molar-refractivity contribution in [1.29, 1.82) is 5.26 Å². The van der Waals surface area contributed by atoms with Gasteiger partial charge >= 0.3 is 0 Å². The van der Waals surface area contributed by atoms with Gasteiger partial charge in [0.25, 0.3) is 0 Å². The van der Waals surface area contributed by atoms with E-state index < -0.39 is 0 Å². The summed E-state index contributed by atoms with van der Waals surface area (Å²) in [4.78, 5) is 13.8. The lowest BCUT2D eigenvalue weighted by molar-refractivity contribution is -0.111. The first-order valence-corrected chi connectivity index (χ1v) is 11.4. The molecule has 1 aliphatic carbocycles. The Morgan fingerprint density at radius 2 is 2.06 bits per heavy atom. The van der Waals surface area contributed by atoms with Crippen molar-refractivity contribution in [3.8, 4) is 17.6 Å². The van der Waals surface area contributed by atoms with Gasteiger partial charge in [-0.05, 0) is 59.9 Å². The Bertz CT molecular complexity index is 1030. The molecule has 1 amide bonds. The van der Waals surface area contributed by atoms with Crippen molar-refractivity contribution in [2.45, 2.75) is 46.5 Å². The molecule has 0 saturated carbocycles. The van der Waals surface area contributed by atoms with E-state index in [9.17, 15) is 10.1 Å². The van der Waals surface area contributed by atoms with Gasteiger partial charge < -0.3 is 14.8 Å². The number of thiophene rings is 1. The van der Waals surface area contributed by atoms with Crippen LogP contribution in [0.4, 0.5) is 5.00 Å². The van der Waals surface area contributed by atoms with Gasteiger partial charge in [0.15, 0.2) is 11.5 Å². The molecular weight excluding hydrogens is 408 g/mol. The molecule has 1 heterocycles. The highest BCUT2D eigenvalue weighted by Gasteiger charge is 2.34. The largest absolute Gasteiger partial charge is 0.493 e. The normalized spacial score (nSPS) is 15.9. The van der Waals surface area contributed by atoms with Crippen molar-refractivity contribution in [1.82, 2.24) is 0 Å². The molecule has 0 aliphatic heterocycles. The molecule has 0 bridgehead atoms. The molecule has 0 radical (unpaired) electrons. The predicted octanol–water partition coefficient (Wildman–Crippen LogP) is 5.83. The van der Waals surface area contributed by atoms with E-state index in [4.69, 9.17) is 9.47 Å². The first-order chi connectivity index (χ1) is 14.8. The van der Waals surface area contributed by atoms with E-state index in [2.05, 4.69) is 32.2 Å². The molecule has 6 heteroatoms. The number of nitriles is 1. The van der Waals surface area contributed by atoms with Crippen molar-refractivity contribution >= 4 is 28.3 Å². The Kier molecular flexibility index (Phi) is 7.07. The summed E-state index contributed by atoms with van der Waals surface area (Å²) in [6, 6.07) is 7.78. The number of methoxy groups -OCH3 is 2. The van der Waals surface area contributed by atoms with Crippen LogP contribution < -0.4 is 14.8 Å². The molecule has 5 nitrogen and oxygen atoms in total. The molecule has 1 N–H and O–H groups in total. The van der Waals surface area contributed by atoms with Crippen LogP contribution in [-0.2, 0) is 17.6 Å².